The topological polar surface area (TPSA) is 67.1 Å². The number of hydrogen-bond acceptors (Lipinski definition) is 3. The Kier molecular flexibility index (Phi) is 4.25. The molecular weight excluding hydrogens is 322 g/mol. The van der Waals surface area contributed by atoms with Gasteiger partial charge in [0.2, 0.25) is 0 Å². The molecule has 4 rings (SSSR count). The molecule has 0 saturated carbocycles. The summed E-state index contributed by atoms with van der Waals surface area (Å²) in [6, 6.07) is 25.5. The van der Waals surface area contributed by atoms with E-state index < -0.39 is 0 Å². The van der Waals surface area contributed by atoms with Crippen molar-refractivity contribution < 1.29 is 4.79 Å². The van der Waals surface area contributed by atoms with Crippen LogP contribution in [0.3, 0.4) is 0 Å². The van der Waals surface area contributed by atoms with Crippen LogP contribution in [-0.4, -0.2) is 5.91 Å². The van der Waals surface area contributed by atoms with Crippen LogP contribution in [0.5, 0.6) is 0 Å². The van der Waals surface area contributed by atoms with E-state index in [1.807, 2.05) is 78.9 Å². The van der Waals surface area contributed by atoms with E-state index in [9.17, 15) is 4.79 Å². The second-order valence-electron chi connectivity index (χ2n) is 6.15. The summed E-state index contributed by atoms with van der Waals surface area (Å²) in [5.74, 6) is -0.104. The SMILES string of the molecule is NCc1cccc(N/C(=C2\C(=O)Nc3ccccc32)c2ccccc2)c1. The van der Waals surface area contributed by atoms with Gasteiger partial charge >= 0.3 is 0 Å². The van der Waals surface area contributed by atoms with Crippen molar-refractivity contribution in [3.8, 4) is 0 Å². The Morgan fingerprint density at radius 1 is 0.923 bits per heavy atom. The Labute approximate surface area is 152 Å². The Hall–Kier alpha value is -3.37. The van der Waals surface area contributed by atoms with Crippen LogP contribution in [0.4, 0.5) is 11.4 Å². The lowest BCUT2D eigenvalue weighted by Crippen LogP contribution is -2.10. The first-order valence-corrected chi connectivity index (χ1v) is 8.53. The maximum absolute atomic E-state index is 12.7. The summed E-state index contributed by atoms with van der Waals surface area (Å²) in [4.78, 5) is 12.7. The summed E-state index contributed by atoms with van der Waals surface area (Å²) in [5, 5.41) is 6.40. The largest absolute Gasteiger partial charge is 0.354 e. The molecule has 4 N–H and O–H groups in total. The number of anilines is 2. The summed E-state index contributed by atoms with van der Waals surface area (Å²) >= 11 is 0. The van der Waals surface area contributed by atoms with Crippen molar-refractivity contribution in [2.24, 2.45) is 5.73 Å². The fourth-order valence-electron chi connectivity index (χ4n) is 3.17. The summed E-state index contributed by atoms with van der Waals surface area (Å²) in [5.41, 5.74) is 11.8. The molecule has 0 unspecified atom stereocenters. The van der Waals surface area contributed by atoms with Gasteiger partial charge in [0, 0.05) is 23.5 Å². The monoisotopic (exact) mass is 341 g/mol. The number of benzene rings is 3. The second kappa shape index (κ2) is 6.86. The Morgan fingerprint density at radius 3 is 2.50 bits per heavy atom. The zero-order valence-electron chi connectivity index (χ0n) is 14.2. The highest BCUT2D eigenvalue weighted by molar-refractivity contribution is 6.37. The van der Waals surface area contributed by atoms with Crippen molar-refractivity contribution in [2.75, 3.05) is 10.6 Å². The molecule has 128 valence electrons. The van der Waals surface area contributed by atoms with Crippen LogP contribution in [0.15, 0.2) is 78.9 Å². The zero-order valence-corrected chi connectivity index (χ0v) is 14.2. The van der Waals surface area contributed by atoms with E-state index in [4.69, 9.17) is 5.73 Å². The summed E-state index contributed by atoms with van der Waals surface area (Å²) < 4.78 is 0. The van der Waals surface area contributed by atoms with Crippen LogP contribution >= 0.6 is 0 Å². The number of hydrogen-bond donors (Lipinski definition) is 3. The number of para-hydroxylation sites is 1. The van der Waals surface area contributed by atoms with Crippen molar-refractivity contribution in [3.63, 3.8) is 0 Å². The van der Waals surface area contributed by atoms with Gasteiger partial charge in [-0.1, -0.05) is 60.7 Å². The minimum Gasteiger partial charge on any atom is -0.354 e. The predicted octanol–water partition coefficient (Wildman–Crippen LogP) is 4.08. The van der Waals surface area contributed by atoms with Crippen LogP contribution in [0.2, 0.25) is 0 Å². The maximum atomic E-state index is 12.7. The molecule has 3 aromatic rings. The molecule has 3 aromatic carbocycles. The van der Waals surface area contributed by atoms with Gasteiger partial charge < -0.3 is 16.4 Å². The number of rotatable bonds is 4. The lowest BCUT2D eigenvalue weighted by molar-refractivity contribution is -0.110. The quantitative estimate of drug-likeness (QED) is 0.627. The van der Waals surface area contributed by atoms with Gasteiger partial charge in [0.1, 0.15) is 0 Å². The van der Waals surface area contributed by atoms with E-state index in [0.717, 1.165) is 33.8 Å². The van der Waals surface area contributed by atoms with Crippen molar-refractivity contribution >= 4 is 28.6 Å². The number of nitrogens with one attached hydrogen (secondary N) is 2. The normalized spacial score (nSPS) is 14.6. The van der Waals surface area contributed by atoms with Crippen molar-refractivity contribution in [1.82, 2.24) is 0 Å². The number of carbonyl (C=O) groups is 1. The molecule has 0 saturated heterocycles. The molecule has 0 atom stereocenters. The van der Waals surface area contributed by atoms with E-state index >= 15 is 0 Å². The fraction of sp³-hybridized carbons (Fsp3) is 0.0455. The molecular formula is C22H19N3O. The molecule has 0 aromatic heterocycles. The number of nitrogens with two attached hydrogens (primary N) is 1. The smallest absolute Gasteiger partial charge is 0.258 e. The molecule has 26 heavy (non-hydrogen) atoms. The fourth-order valence-corrected chi connectivity index (χ4v) is 3.17. The minimum absolute atomic E-state index is 0.104. The number of fused-ring (bicyclic) bond motifs is 1. The highest BCUT2D eigenvalue weighted by atomic mass is 16.2. The molecule has 0 radical (unpaired) electrons. The molecule has 0 bridgehead atoms. The van der Waals surface area contributed by atoms with E-state index in [1.54, 1.807) is 0 Å². The van der Waals surface area contributed by atoms with Crippen molar-refractivity contribution in [1.29, 1.82) is 0 Å². The Balaban J connectivity index is 1.88. The molecule has 4 heteroatoms. The van der Waals surface area contributed by atoms with Crippen LogP contribution in [-0.2, 0) is 11.3 Å². The molecule has 1 heterocycles. The van der Waals surface area contributed by atoms with Gasteiger partial charge in [-0.05, 0) is 29.3 Å². The van der Waals surface area contributed by atoms with E-state index in [-0.39, 0.29) is 5.91 Å². The molecule has 0 spiro atoms. The first-order valence-electron chi connectivity index (χ1n) is 8.53. The van der Waals surface area contributed by atoms with Gasteiger partial charge in [0.15, 0.2) is 0 Å². The minimum atomic E-state index is -0.104. The van der Waals surface area contributed by atoms with Crippen molar-refractivity contribution in [2.45, 2.75) is 6.54 Å². The van der Waals surface area contributed by atoms with Gasteiger partial charge in [-0.25, -0.2) is 0 Å². The van der Waals surface area contributed by atoms with Crippen molar-refractivity contribution in [3.05, 3.63) is 95.6 Å². The summed E-state index contributed by atoms with van der Waals surface area (Å²) in [6.45, 7) is 0.468. The first kappa shape index (κ1) is 16.1. The third kappa shape index (κ3) is 2.98. The molecule has 1 amide bonds. The maximum Gasteiger partial charge on any atom is 0.258 e. The predicted molar refractivity (Wildman–Crippen MR) is 106 cm³/mol. The van der Waals surface area contributed by atoms with Crippen LogP contribution in [0.1, 0.15) is 16.7 Å². The standard InChI is InChI=1S/C22H19N3O/c23-14-15-7-6-10-17(13-15)24-21(16-8-2-1-3-9-16)20-18-11-4-5-12-19(18)25-22(20)26/h1-13,24H,14,23H2,(H,25,26)/b21-20-. The molecule has 4 nitrogen and oxygen atoms in total. The third-order valence-corrected chi connectivity index (χ3v) is 4.42. The molecule has 1 aliphatic rings. The third-order valence-electron chi connectivity index (χ3n) is 4.42. The first-order chi connectivity index (χ1) is 12.8. The average molecular weight is 341 g/mol. The van der Waals surface area contributed by atoms with Crippen LogP contribution < -0.4 is 16.4 Å². The summed E-state index contributed by atoms with van der Waals surface area (Å²) in [6.07, 6.45) is 0. The molecule has 1 aliphatic heterocycles. The van der Waals surface area contributed by atoms with Gasteiger partial charge in [-0.2, -0.15) is 0 Å². The molecule has 0 fully saturated rings. The lowest BCUT2D eigenvalue weighted by atomic mass is 10.00. The number of amides is 1. The molecule has 0 aliphatic carbocycles. The van der Waals surface area contributed by atoms with Gasteiger partial charge in [-0.15, -0.1) is 0 Å². The van der Waals surface area contributed by atoms with E-state index in [1.165, 1.54) is 0 Å². The highest BCUT2D eigenvalue weighted by Gasteiger charge is 2.27. The average Bonchev–Trinajstić information content (AvgIpc) is 3.02. The second-order valence-corrected chi connectivity index (χ2v) is 6.15. The zero-order chi connectivity index (χ0) is 17.9. The van der Waals surface area contributed by atoms with E-state index in [0.29, 0.717) is 12.1 Å². The van der Waals surface area contributed by atoms with Crippen LogP contribution in [0, 0.1) is 0 Å². The Bertz CT molecular complexity index is 993. The summed E-state index contributed by atoms with van der Waals surface area (Å²) in [7, 11) is 0. The lowest BCUT2D eigenvalue weighted by Gasteiger charge is -2.15. The van der Waals surface area contributed by atoms with Crippen LogP contribution in [0.25, 0.3) is 11.3 Å². The highest BCUT2D eigenvalue weighted by Crippen LogP contribution is 2.37. The van der Waals surface area contributed by atoms with Gasteiger partial charge in [0.25, 0.3) is 5.91 Å². The number of carbonyl (C=O) groups excluding carboxylic acids is 1. The van der Waals surface area contributed by atoms with E-state index in [2.05, 4.69) is 10.6 Å². The van der Waals surface area contributed by atoms with Gasteiger partial charge in [-0.3, -0.25) is 4.79 Å². The Morgan fingerprint density at radius 2 is 1.69 bits per heavy atom. The van der Waals surface area contributed by atoms with Gasteiger partial charge in [0.05, 0.1) is 11.3 Å².